The van der Waals surface area contributed by atoms with E-state index < -0.39 is 97.5 Å². The number of hydrogen-bond donors (Lipinski definition) is 3. The van der Waals surface area contributed by atoms with Gasteiger partial charge in [-0.2, -0.15) is 0 Å². The highest BCUT2D eigenvalue weighted by Crippen LogP contribution is 2.45. The van der Waals surface area contributed by atoms with Gasteiger partial charge in [-0.25, -0.2) is 9.13 Å². The molecule has 0 aliphatic carbocycles. The Kier molecular flexibility index (Phi) is 85.1. The highest BCUT2D eigenvalue weighted by Gasteiger charge is 2.31. The molecule has 17 nitrogen and oxygen atoms in total. The maximum atomic E-state index is 13.2. The van der Waals surface area contributed by atoms with E-state index in [4.69, 9.17) is 37.0 Å². The number of aliphatic hydroxyl groups excluding tert-OH is 1. The van der Waals surface area contributed by atoms with Crippen molar-refractivity contribution in [3.63, 3.8) is 0 Å². The van der Waals surface area contributed by atoms with E-state index in [9.17, 15) is 43.2 Å². The Morgan fingerprint density at radius 3 is 0.655 bits per heavy atom. The summed E-state index contributed by atoms with van der Waals surface area (Å²) in [5.74, 6) is 0.355. The second-order valence-electron chi connectivity index (χ2n) is 35.8. The van der Waals surface area contributed by atoms with Gasteiger partial charge in [-0.3, -0.25) is 37.3 Å². The first-order valence-electron chi connectivity index (χ1n) is 49.9. The molecule has 4 unspecified atom stereocenters. The van der Waals surface area contributed by atoms with Crippen LogP contribution in [0.5, 0.6) is 0 Å². The van der Waals surface area contributed by atoms with Crippen LogP contribution in [-0.2, 0) is 65.4 Å². The van der Waals surface area contributed by atoms with E-state index in [1.54, 1.807) is 0 Å². The molecule has 0 saturated carbocycles. The molecule has 0 fully saturated rings. The summed E-state index contributed by atoms with van der Waals surface area (Å²) in [7, 11) is -9.94. The number of phosphoric ester groups is 2. The van der Waals surface area contributed by atoms with Crippen LogP contribution in [0.1, 0.15) is 524 Å². The lowest BCUT2D eigenvalue weighted by Crippen LogP contribution is -2.30. The molecular formula is C97H190O17P2. The first-order chi connectivity index (χ1) is 56.3. The summed E-state index contributed by atoms with van der Waals surface area (Å²) >= 11 is 0. The maximum absolute atomic E-state index is 13.2. The van der Waals surface area contributed by atoms with E-state index >= 15 is 0 Å². The summed E-state index contributed by atoms with van der Waals surface area (Å²) in [6.45, 7) is 12.1. The molecule has 0 aliphatic rings. The van der Waals surface area contributed by atoms with E-state index in [2.05, 4.69) is 48.5 Å². The first kappa shape index (κ1) is 114. The molecule has 7 atom stereocenters. The molecule has 116 heavy (non-hydrogen) atoms. The van der Waals surface area contributed by atoms with Gasteiger partial charge in [0.1, 0.15) is 19.3 Å². The lowest BCUT2D eigenvalue weighted by atomic mass is 9.99. The van der Waals surface area contributed by atoms with Crippen LogP contribution in [0.4, 0.5) is 0 Å². The van der Waals surface area contributed by atoms with Gasteiger partial charge >= 0.3 is 39.5 Å². The normalized spacial score (nSPS) is 14.2. The molecule has 0 amide bonds. The van der Waals surface area contributed by atoms with Crippen molar-refractivity contribution >= 4 is 39.5 Å². The molecule has 0 spiro atoms. The zero-order chi connectivity index (χ0) is 85.0. The predicted molar refractivity (Wildman–Crippen MR) is 483 cm³/mol. The van der Waals surface area contributed by atoms with E-state index in [-0.39, 0.29) is 25.7 Å². The molecule has 0 aromatic rings. The van der Waals surface area contributed by atoms with Gasteiger partial charge in [0.05, 0.1) is 26.4 Å². The highest BCUT2D eigenvalue weighted by molar-refractivity contribution is 7.47. The molecule has 0 radical (unpaired) electrons. The zero-order valence-corrected chi connectivity index (χ0v) is 78.8. The van der Waals surface area contributed by atoms with Crippen LogP contribution in [-0.4, -0.2) is 96.7 Å². The Bertz CT molecular complexity index is 2220. The topological polar surface area (TPSA) is 237 Å². The molecule has 0 saturated heterocycles. The minimum Gasteiger partial charge on any atom is -0.462 e. The van der Waals surface area contributed by atoms with E-state index in [1.165, 1.54) is 327 Å². The summed E-state index contributed by atoms with van der Waals surface area (Å²) in [5, 5.41) is 10.7. The highest BCUT2D eigenvalue weighted by atomic mass is 31.2. The van der Waals surface area contributed by atoms with Crippen molar-refractivity contribution < 1.29 is 80.2 Å². The Labute approximate surface area is 715 Å². The molecular weight excluding hydrogens is 1500 g/mol. The fraction of sp³-hybridized carbons (Fsp3) is 0.959. The second kappa shape index (κ2) is 86.6. The lowest BCUT2D eigenvalue weighted by Gasteiger charge is -2.21. The van der Waals surface area contributed by atoms with Gasteiger partial charge in [0.25, 0.3) is 0 Å². The summed E-state index contributed by atoms with van der Waals surface area (Å²) in [6, 6.07) is 0. The van der Waals surface area contributed by atoms with Crippen molar-refractivity contribution in [3.8, 4) is 0 Å². The zero-order valence-electron chi connectivity index (χ0n) is 77.0. The first-order valence-corrected chi connectivity index (χ1v) is 52.9. The molecule has 0 aromatic carbocycles. The maximum Gasteiger partial charge on any atom is 0.472 e. The molecule has 0 aliphatic heterocycles. The Hall–Kier alpha value is -1.94. The monoisotopic (exact) mass is 1690 g/mol. The summed E-state index contributed by atoms with van der Waals surface area (Å²) < 4.78 is 69.2. The number of hydrogen-bond acceptors (Lipinski definition) is 15. The average molecular weight is 1690 g/mol. The number of esters is 4. The average Bonchev–Trinajstić information content (AvgIpc) is 0.894. The number of ether oxygens (including phenoxy) is 4. The lowest BCUT2D eigenvalue weighted by molar-refractivity contribution is -0.161. The fourth-order valence-electron chi connectivity index (χ4n) is 15.2. The van der Waals surface area contributed by atoms with Crippen LogP contribution in [0, 0.1) is 17.8 Å². The largest absolute Gasteiger partial charge is 0.472 e. The molecule has 0 heterocycles. The third kappa shape index (κ3) is 87.0. The van der Waals surface area contributed by atoms with Crippen molar-refractivity contribution in [1.82, 2.24) is 0 Å². The van der Waals surface area contributed by atoms with Gasteiger partial charge in [0.15, 0.2) is 12.2 Å². The molecule has 3 N–H and O–H groups in total. The Morgan fingerprint density at radius 2 is 0.440 bits per heavy atom. The Morgan fingerprint density at radius 1 is 0.250 bits per heavy atom. The SMILES string of the molecule is CCCCCCCCCCCCCCCCCCCCCCCCC(=O)O[C@H](COC(=O)CCCCCCCCCC(C)C)COP(=O)(O)OC[C@H](O)COP(=O)(O)OC[C@@H](COC(=O)CCCCCCCCCCCCCCCCCCCCC(C)CC)OC(=O)CCCCCCCCCCCCCCCCCCCCC(C)CC. The van der Waals surface area contributed by atoms with Crippen LogP contribution < -0.4 is 0 Å². The minimum atomic E-state index is -4.97. The predicted octanol–water partition coefficient (Wildman–Crippen LogP) is 30.4. The van der Waals surface area contributed by atoms with Crippen molar-refractivity contribution in [3.05, 3.63) is 0 Å². The molecule has 0 bridgehead atoms. The summed E-state index contributed by atoms with van der Waals surface area (Å²) in [4.78, 5) is 73.6. The number of carbonyl (C=O) groups is 4. The smallest absolute Gasteiger partial charge is 0.462 e. The van der Waals surface area contributed by atoms with Crippen molar-refractivity contribution in [1.29, 1.82) is 0 Å². The summed E-state index contributed by atoms with van der Waals surface area (Å²) in [6.07, 6.45) is 82.3. The molecule has 0 rings (SSSR count). The van der Waals surface area contributed by atoms with Gasteiger partial charge in [-0.05, 0) is 43.4 Å². The van der Waals surface area contributed by atoms with Gasteiger partial charge < -0.3 is 33.8 Å². The minimum absolute atomic E-state index is 0.108. The number of aliphatic hydroxyl groups is 1. The quantitative estimate of drug-likeness (QED) is 0.0222. The fourth-order valence-corrected chi connectivity index (χ4v) is 16.8. The van der Waals surface area contributed by atoms with Crippen molar-refractivity contribution in [2.75, 3.05) is 39.6 Å². The standard InChI is InChI=1S/C97H190O17P2/c1-8-11-12-13-14-15-16-17-18-19-20-21-22-23-31-36-41-46-51-58-66-74-81-97(102)114-93(85-108-95(100)79-72-65-60-53-54-61-68-75-88(4)5)87-112-116(105,106)110-83-91(98)82-109-115(103,104)111-86-92(113-96(101)80-73-67-59-52-47-42-37-32-27-25-29-34-39-44-49-56-63-70-77-90(7)10-3)84-107-94(99)78-71-64-57-50-45-40-35-30-26-24-28-33-38-43-48-55-62-69-76-89(6)9-2/h88-93,98H,8-87H2,1-7H3,(H,103,104)(H,105,106)/t89?,90?,91-,92-,93-/m1/s1. The van der Waals surface area contributed by atoms with E-state index in [0.717, 1.165) is 108 Å². The number of phosphoric acid groups is 2. The second-order valence-corrected chi connectivity index (χ2v) is 38.7. The number of unbranched alkanes of at least 4 members (excludes halogenated alkanes) is 61. The van der Waals surface area contributed by atoms with Crippen molar-refractivity contribution in [2.45, 2.75) is 542 Å². The van der Waals surface area contributed by atoms with Gasteiger partial charge in [0, 0.05) is 25.7 Å². The Balaban J connectivity index is 5.20. The van der Waals surface area contributed by atoms with Crippen LogP contribution >= 0.6 is 15.6 Å². The third-order valence-electron chi connectivity index (χ3n) is 23.6. The number of carbonyl (C=O) groups excluding carboxylic acids is 4. The van der Waals surface area contributed by atoms with Gasteiger partial charge in [0.2, 0.25) is 0 Å². The van der Waals surface area contributed by atoms with Crippen LogP contribution in [0.2, 0.25) is 0 Å². The third-order valence-corrected chi connectivity index (χ3v) is 25.5. The van der Waals surface area contributed by atoms with Crippen LogP contribution in [0.25, 0.3) is 0 Å². The summed E-state index contributed by atoms with van der Waals surface area (Å²) in [5.41, 5.74) is 0. The van der Waals surface area contributed by atoms with Crippen LogP contribution in [0.15, 0.2) is 0 Å². The molecule has 19 heteroatoms. The number of rotatable bonds is 95. The molecule has 0 aromatic heterocycles. The molecule has 690 valence electrons. The van der Waals surface area contributed by atoms with E-state index in [0.29, 0.717) is 31.6 Å². The van der Waals surface area contributed by atoms with Crippen molar-refractivity contribution in [2.24, 2.45) is 17.8 Å². The van der Waals surface area contributed by atoms with Gasteiger partial charge in [-0.1, -0.05) is 472 Å². The van der Waals surface area contributed by atoms with Crippen LogP contribution in [0.3, 0.4) is 0 Å². The van der Waals surface area contributed by atoms with E-state index in [1.807, 2.05) is 0 Å². The van der Waals surface area contributed by atoms with Gasteiger partial charge in [-0.15, -0.1) is 0 Å².